The van der Waals surface area contributed by atoms with E-state index in [0.717, 1.165) is 17.0 Å². The molecular formula is C13H12N2O3S2. The van der Waals surface area contributed by atoms with E-state index in [1.165, 1.54) is 28.8 Å². The molecule has 0 spiro atoms. The summed E-state index contributed by atoms with van der Waals surface area (Å²) in [4.78, 5) is 11.5. The highest BCUT2D eigenvalue weighted by Gasteiger charge is 2.15. The highest BCUT2D eigenvalue weighted by atomic mass is 32.2. The predicted molar refractivity (Wildman–Crippen MR) is 76.5 cm³/mol. The van der Waals surface area contributed by atoms with Gasteiger partial charge in [0, 0.05) is 17.6 Å². The maximum atomic E-state index is 12.2. The highest BCUT2D eigenvalue weighted by molar-refractivity contribution is 7.91. The molecule has 0 saturated carbocycles. The Hall–Kier alpha value is -1.91. The third-order valence-corrected chi connectivity index (χ3v) is 5.49. The molecule has 0 fully saturated rings. The molecule has 1 aromatic carbocycles. The number of thiazole rings is 1. The first-order chi connectivity index (χ1) is 9.44. The van der Waals surface area contributed by atoms with E-state index in [1.54, 1.807) is 12.3 Å². The maximum Gasteiger partial charge on any atom is 0.307 e. The SMILES string of the molecule is Cc1csc(=O)n1CCS(=O)(=O)c1ccc(C#N)cc1. The van der Waals surface area contributed by atoms with E-state index >= 15 is 0 Å². The molecule has 0 N–H and O–H groups in total. The van der Waals surface area contributed by atoms with Crippen LogP contribution in [0, 0.1) is 18.3 Å². The largest absolute Gasteiger partial charge is 0.307 e. The minimum Gasteiger partial charge on any atom is -0.302 e. The van der Waals surface area contributed by atoms with E-state index < -0.39 is 9.84 Å². The van der Waals surface area contributed by atoms with Crippen LogP contribution in [0.4, 0.5) is 0 Å². The van der Waals surface area contributed by atoms with Crippen LogP contribution in [0.5, 0.6) is 0 Å². The monoisotopic (exact) mass is 308 g/mol. The number of sulfone groups is 1. The number of hydrogen-bond acceptors (Lipinski definition) is 5. The lowest BCUT2D eigenvalue weighted by atomic mass is 10.2. The van der Waals surface area contributed by atoms with Gasteiger partial charge in [-0.05, 0) is 31.2 Å². The zero-order chi connectivity index (χ0) is 14.8. The normalized spacial score (nSPS) is 11.2. The molecule has 1 heterocycles. The average molecular weight is 308 g/mol. The van der Waals surface area contributed by atoms with Crippen LogP contribution in [-0.2, 0) is 16.4 Å². The number of hydrogen-bond donors (Lipinski definition) is 0. The van der Waals surface area contributed by atoms with Crippen molar-refractivity contribution in [3.8, 4) is 6.07 Å². The van der Waals surface area contributed by atoms with Crippen LogP contribution in [0.1, 0.15) is 11.3 Å². The minimum atomic E-state index is -3.46. The van der Waals surface area contributed by atoms with Gasteiger partial charge in [0.1, 0.15) is 0 Å². The molecule has 2 aromatic rings. The van der Waals surface area contributed by atoms with Crippen molar-refractivity contribution in [3.63, 3.8) is 0 Å². The molecule has 7 heteroatoms. The average Bonchev–Trinajstić information content (AvgIpc) is 2.76. The van der Waals surface area contributed by atoms with Crippen molar-refractivity contribution in [1.29, 1.82) is 5.26 Å². The van der Waals surface area contributed by atoms with E-state index in [9.17, 15) is 13.2 Å². The Morgan fingerprint density at radius 1 is 1.30 bits per heavy atom. The molecule has 0 amide bonds. The quantitative estimate of drug-likeness (QED) is 0.858. The summed E-state index contributed by atoms with van der Waals surface area (Å²) in [6.45, 7) is 1.91. The molecule has 0 aliphatic carbocycles. The summed E-state index contributed by atoms with van der Waals surface area (Å²) >= 11 is 1.06. The summed E-state index contributed by atoms with van der Waals surface area (Å²) in [6.07, 6.45) is 0. The Labute approximate surface area is 120 Å². The van der Waals surface area contributed by atoms with Crippen LogP contribution in [0.2, 0.25) is 0 Å². The lowest BCUT2D eigenvalue weighted by Gasteiger charge is -2.06. The number of benzene rings is 1. The fourth-order valence-electron chi connectivity index (χ4n) is 1.74. The maximum absolute atomic E-state index is 12.2. The fraction of sp³-hybridized carbons (Fsp3) is 0.231. The number of aromatic nitrogens is 1. The van der Waals surface area contributed by atoms with Gasteiger partial charge in [-0.2, -0.15) is 5.26 Å². The second-order valence-electron chi connectivity index (χ2n) is 4.25. The summed E-state index contributed by atoms with van der Waals surface area (Å²) in [7, 11) is -3.46. The van der Waals surface area contributed by atoms with Crippen LogP contribution >= 0.6 is 11.3 Å². The zero-order valence-corrected chi connectivity index (χ0v) is 12.4. The van der Waals surface area contributed by atoms with Gasteiger partial charge >= 0.3 is 4.87 Å². The standard InChI is InChI=1S/C13H12N2O3S2/c1-10-9-19-13(16)15(10)6-7-20(17,18)12-4-2-11(8-14)3-5-12/h2-5,9H,6-7H2,1H3. The predicted octanol–water partition coefficient (Wildman–Crippen LogP) is 1.56. The Morgan fingerprint density at radius 2 is 1.95 bits per heavy atom. The van der Waals surface area contributed by atoms with Crippen molar-refractivity contribution in [1.82, 2.24) is 4.57 Å². The molecular weight excluding hydrogens is 296 g/mol. The second kappa shape index (κ2) is 5.61. The highest BCUT2D eigenvalue weighted by Crippen LogP contribution is 2.13. The molecule has 0 aliphatic rings. The van der Waals surface area contributed by atoms with Gasteiger partial charge in [-0.25, -0.2) is 8.42 Å². The summed E-state index contributed by atoms with van der Waals surface area (Å²) in [5.74, 6) is -0.142. The van der Waals surface area contributed by atoms with Crippen LogP contribution in [0.3, 0.4) is 0 Å². The number of nitriles is 1. The molecule has 0 bridgehead atoms. The van der Waals surface area contributed by atoms with E-state index in [2.05, 4.69) is 0 Å². The van der Waals surface area contributed by atoms with Gasteiger partial charge in [0.05, 0.1) is 22.3 Å². The minimum absolute atomic E-state index is 0.135. The van der Waals surface area contributed by atoms with Crippen molar-refractivity contribution in [2.45, 2.75) is 18.4 Å². The van der Waals surface area contributed by atoms with Crippen molar-refractivity contribution in [2.24, 2.45) is 0 Å². The van der Waals surface area contributed by atoms with E-state index in [1.807, 2.05) is 6.07 Å². The molecule has 5 nitrogen and oxygen atoms in total. The Balaban J connectivity index is 2.19. The van der Waals surface area contributed by atoms with Crippen molar-refractivity contribution >= 4 is 21.2 Å². The summed E-state index contributed by atoms with van der Waals surface area (Å²) in [5.41, 5.74) is 1.17. The third kappa shape index (κ3) is 2.98. The van der Waals surface area contributed by atoms with E-state index in [-0.39, 0.29) is 22.1 Å². The molecule has 0 unspecified atom stereocenters. The van der Waals surface area contributed by atoms with Crippen molar-refractivity contribution in [3.05, 3.63) is 50.6 Å². The van der Waals surface area contributed by atoms with Gasteiger partial charge in [-0.15, -0.1) is 0 Å². The van der Waals surface area contributed by atoms with Crippen molar-refractivity contribution < 1.29 is 8.42 Å². The van der Waals surface area contributed by atoms with Crippen LogP contribution in [0.15, 0.2) is 39.3 Å². The molecule has 1 aromatic heterocycles. The molecule has 2 rings (SSSR count). The van der Waals surface area contributed by atoms with Crippen LogP contribution < -0.4 is 4.87 Å². The van der Waals surface area contributed by atoms with E-state index in [4.69, 9.17) is 5.26 Å². The first-order valence-corrected chi connectivity index (χ1v) is 8.35. The summed E-state index contributed by atoms with van der Waals surface area (Å²) in [5, 5.41) is 10.4. The van der Waals surface area contributed by atoms with Gasteiger partial charge in [-0.3, -0.25) is 4.79 Å². The topological polar surface area (TPSA) is 79.9 Å². The Kier molecular flexibility index (Phi) is 4.06. The second-order valence-corrected chi connectivity index (χ2v) is 7.18. The van der Waals surface area contributed by atoms with Gasteiger partial charge < -0.3 is 4.57 Å². The third-order valence-electron chi connectivity index (χ3n) is 2.90. The molecule has 104 valence electrons. The van der Waals surface area contributed by atoms with Gasteiger partial charge in [-0.1, -0.05) is 11.3 Å². The van der Waals surface area contributed by atoms with Gasteiger partial charge in [0.15, 0.2) is 9.84 Å². The molecule has 0 radical (unpaired) electrons. The molecule has 0 saturated heterocycles. The van der Waals surface area contributed by atoms with Crippen molar-refractivity contribution in [2.75, 3.05) is 5.75 Å². The lowest BCUT2D eigenvalue weighted by molar-refractivity contribution is 0.587. The Morgan fingerprint density at radius 3 is 2.45 bits per heavy atom. The number of nitrogens with zero attached hydrogens (tertiary/aromatic N) is 2. The molecule has 0 atom stereocenters. The Bertz CT molecular complexity index is 809. The van der Waals surface area contributed by atoms with Crippen LogP contribution in [-0.4, -0.2) is 18.7 Å². The van der Waals surface area contributed by atoms with Gasteiger partial charge in [0.2, 0.25) is 0 Å². The first kappa shape index (κ1) is 14.5. The van der Waals surface area contributed by atoms with Gasteiger partial charge in [0.25, 0.3) is 0 Å². The number of rotatable bonds is 4. The zero-order valence-electron chi connectivity index (χ0n) is 10.7. The fourth-order valence-corrected chi connectivity index (χ4v) is 3.71. The smallest absolute Gasteiger partial charge is 0.302 e. The lowest BCUT2D eigenvalue weighted by Crippen LogP contribution is -2.20. The first-order valence-electron chi connectivity index (χ1n) is 5.82. The van der Waals surface area contributed by atoms with E-state index in [0.29, 0.717) is 5.56 Å². The molecule has 20 heavy (non-hydrogen) atoms. The summed E-state index contributed by atoms with van der Waals surface area (Å²) in [6, 6.07) is 7.70. The van der Waals surface area contributed by atoms with Crippen LogP contribution in [0.25, 0.3) is 0 Å². The number of aryl methyl sites for hydroxylation is 1. The molecule has 0 aliphatic heterocycles. The summed E-state index contributed by atoms with van der Waals surface area (Å²) < 4.78 is 25.8.